The molecule has 0 saturated carbocycles. The number of allylic oxidation sites excluding steroid dienone is 1. The average Bonchev–Trinajstić information content (AvgIpc) is 2.10. The predicted molar refractivity (Wildman–Crippen MR) is 47.4 cm³/mol. The minimum atomic E-state index is 0.653. The van der Waals surface area contributed by atoms with Crippen LogP contribution in [0.15, 0.2) is 16.8 Å². The van der Waals surface area contributed by atoms with E-state index in [2.05, 4.69) is 4.99 Å². The number of nitriles is 1. The molecular weight excluding hydrogens is 136 g/mol. The quantitative estimate of drug-likeness (QED) is 0.523. The van der Waals surface area contributed by atoms with Gasteiger partial charge in [-0.2, -0.15) is 5.26 Å². The zero-order valence-corrected chi connectivity index (χ0v) is 7.39. The van der Waals surface area contributed by atoms with Crippen molar-refractivity contribution in [1.29, 1.82) is 5.26 Å². The molecule has 0 saturated heterocycles. The van der Waals surface area contributed by atoms with E-state index in [9.17, 15) is 0 Å². The molecule has 0 spiro atoms. The SMILES string of the molecule is CC.CC1=CN=C(C#N)CC1. The summed E-state index contributed by atoms with van der Waals surface area (Å²) in [5, 5.41) is 8.37. The lowest BCUT2D eigenvalue weighted by Gasteiger charge is -2.02. The van der Waals surface area contributed by atoms with E-state index in [1.54, 1.807) is 6.20 Å². The average molecular weight is 150 g/mol. The van der Waals surface area contributed by atoms with Crippen molar-refractivity contribution >= 4 is 5.71 Å². The van der Waals surface area contributed by atoms with E-state index in [0.717, 1.165) is 12.8 Å². The van der Waals surface area contributed by atoms with Crippen molar-refractivity contribution in [2.75, 3.05) is 0 Å². The minimum Gasteiger partial charge on any atom is -0.250 e. The first kappa shape index (κ1) is 9.90. The van der Waals surface area contributed by atoms with E-state index >= 15 is 0 Å². The van der Waals surface area contributed by atoms with E-state index in [1.165, 1.54) is 5.57 Å². The fraction of sp³-hybridized carbons (Fsp3) is 0.556. The largest absolute Gasteiger partial charge is 0.250 e. The third kappa shape index (κ3) is 3.57. The molecular formula is C9H14N2. The molecule has 1 heterocycles. The first-order valence-corrected chi connectivity index (χ1v) is 3.95. The summed E-state index contributed by atoms with van der Waals surface area (Å²) in [5.74, 6) is 0. The molecule has 1 aliphatic heterocycles. The lowest BCUT2D eigenvalue weighted by atomic mass is 10.1. The molecule has 1 rings (SSSR count). The zero-order valence-electron chi connectivity index (χ0n) is 7.39. The molecule has 2 nitrogen and oxygen atoms in total. The molecule has 0 aromatic rings. The van der Waals surface area contributed by atoms with Gasteiger partial charge in [0, 0.05) is 12.6 Å². The van der Waals surface area contributed by atoms with Crippen LogP contribution in [0.1, 0.15) is 33.6 Å². The van der Waals surface area contributed by atoms with Crippen molar-refractivity contribution in [2.24, 2.45) is 4.99 Å². The fourth-order valence-corrected chi connectivity index (χ4v) is 0.718. The highest BCUT2D eigenvalue weighted by atomic mass is 14.7. The molecule has 0 aliphatic carbocycles. The Bertz CT molecular complexity index is 206. The van der Waals surface area contributed by atoms with Crippen LogP contribution in [0.4, 0.5) is 0 Å². The number of aliphatic imine (C=N–C) groups is 1. The van der Waals surface area contributed by atoms with Gasteiger partial charge in [-0.15, -0.1) is 0 Å². The van der Waals surface area contributed by atoms with Gasteiger partial charge < -0.3 is 0 Å². The topological polar surface area (TPSA) is 36.1 Å². The molecule has 0 unspecified atom stereocenters. The second-order valence-electron chi connectivity index (χ2n) is 2.16. The number of hydrogen-bond donors (Lipinski definition) is 0. The molecule has 0 amide bonds. The zero-order chi connectivity index (χ0) is 8.69. The highest BCUT2D eigenvalue weighted by molar-refractivity contribution is 5.99. The minimum absolute atomic E-state index is 0.653. The number of hydrogen-bond acceptors (Lipinski definition) is 2. The molecule has 0 aromatic carbocycles. The van der Waals surface area contributed by atoms with Gasteiger partial charge in [0.1, 0.15) is 11.8 Å². The first-order chi connectivity index (χ1) is 5.33. The maximum absolute atomic E-state index is 8.37. The molecule has 0 bridgehead atoms. The second-order valence-corrected chi connectivity index (χ2v) is 2.16. The molecule has 2 heteroatoms. The van der Waals surface area contributed by atoms with Crippen LogP contribution in [-0.2, 0) is 0 Å². The maximum Gasteiger partial charge on any atom is 0.118 e. The lowest BCUT2D eigenvalue weighted by Crippen LogP contribution is -1.97. The van der Waals surface area contributed by atoms with Crippen LogP contribution in [0.5, 0.6) is 0 Å². The summed E-state index contributed by atoms with van der Waals surface area (Å²) in [6, 6.07) is 2.03. The molecule has 11 heavy (non-hydrogen) atoms. The Kier molecular flexibility index (Phi) is 5.10. The van der Waals surface area contributed by atoms with Gasteiger partial charge in [-0.3, -0.25) is 4.99 Å². The van der Waals surface area contributed by atoms with E-state index in [1.807, 2.05) is 26.8 Å². The molecule has 0 fully saturated rings. The molecule has 0 atom stereocenters. The summed E-state index contributed by atoms with van der Waals surface area (Å²) in [5.41, 5.74) is 1.91. The van der Waals surface area contributed by atoms with Gasteiger partial charge in [-0.05, 0) is 13.3 Å². The van der Waals surface area contributed by atoms with Crippen LogP contribution < -0.4 is 0 Å². The van der Waals surface area contributed by atoms with Crippen LogP contribution in [0.3, 0.4) is 0 Å². The third-order valence-corrected chi connectivity index (χ3v) is 1.33. The van der Waals surface area contributed by atoms with Gasteiger partial charge in [0.05, 0.1) is 0 Å². The molecule has 1 aliphatic rings. The lowest BCUT2D eigenvalue weighted by molar-refractivity contribution is 0.981. The highest BCUT2D eigenvalue weighted by Crippen LogP contribution is 2.10. The van der Waals surface area contributed by atoms with Crippen molar-refractivity contribution < 1.29 is 0 Å². The number of nitrogens with zero attached hydrogens (tertiary/aromatic N) is 2. The molecule has 0 aromatic heterocycles. The summed E-state index contributed by atoms with van der Waals surface area (Å²) in [6.45, 7) is 6.03. The predicted octanol–water partition coefficient (Wildman–Crippen LogP) is 2.67. The highest BCUT2D eigenvalue weighted by Gasteiger charge is 2.01. The van der Waals surface area contributed by atoms with Crippen molar-refractivity contribution in [3.05, 3.63) is 11.8 Å². The fourth-order valence-electron chi connectivity index (χ4n) is 0.718. The summed E-state index contributed by atoms with van der Waals surface area (Å²) < 4.78 is 0. The van der Waals surface area contributed by atoms with Crippen molar-refractivity contribution in [1.82, 2.24) is 0 Å². The Balaban J connectivity index is 0.000000461. The normalized spacial score (nSPS) is 15.1. The monoisotopic (exact) mass is 150 g/mol. The van der Waals surface area contributed by atoms with E-state index in [4.69, 9.17) is 5.26 Å². The molecule has 0 N–H and O–H groups in total. The van der Waals surface area contributed by atoms with Gasteiger partial charge in [0.15, 0.2) is 0 Å². The second kappa shape index (κ2) is 5.67. The van der Waals surface area contributed by atoms with Crippen LogP contribution in [0.25, 0.3) is 0 Å². The summed E-state index contributed by atoms with van der Waals surface area (Å²) in [7, 11) is 0. The van der Waals surface area contributed by atoms with Gasteiger partial charge in [-0.1, -0.05) is 19.4 Å². The van der Waals surface area contributed by atoms with E-state index in [-0.39, 0.29) is 0 Å². The van der Waals surface area contributed by atoms with Gasteiger partial charge in [-0.25, -0.2) is 0 Å². The molecule has 60 valence electrons. The smallest absolute Gasteiger partial charge is 0.118 e. The summed E-state index contributed by atoms with van der Waals surface area (Å²) in [6.07, 6.45) is 3.58. The first-order valence-electron chi connectivity index (χ1n) is 3.95. The van der Waals surface area contributed by atoms with Crippen LogP contribution in [-0.4, -0.2) is 5.71 Å². The summed E-state index contributed by atoms with van der Waals surface area (Å²) in [4.78, 5) is 3.92. The third-order valence-electron chi connectivity index (χ3n) is 1.33. The van der Waals surface area contributed by atoms with Crippen molar-refractivity contribution in [3.63, 3.8) is 0 Å². The number of rotatable bonds is 0. The maximum atomic E-state index is 8.37. The van der Waals surface area contributed by atoms with Gasteiger partial charge >= 0.3 is 0 Å². The van der Waals surface area contributed by atoms with Gasteiger partial charge in [0.2, 0.25) is 0 Å². The van der Waals surface area contributed by atoms with E-state index < -0.39 is 0 Å². The van der Waals surface area contributed by atoms with Crippen LogP contribution >= 0.6 is 0 Å². The van der Waals surface area contributed by atoms with Crippen molar-refractivity contribution in [3.8, 4) is 6.07 Å². The van der Waals surface area contributed by atoms with Crippen LogP contribution in [0.2, 0.25) is 0 Å². The summed E-state index contributed by atoms with van der Waals surface area (Å²) >= 11 is 0. The Labute approximate surface area is 68.3 Å². The van der Waals surface area contributed by atoms with Crippen LogP contribution in [0, 0.1) is 11.3 Å². The standard InChI is InChI=1S/C7H8N2.C2H6/c1-6-2-3-7(4-8)9-5-6;1-2/h5H,2-3H2,1H3;1-2H3. The Morgan fingerprint density at radius 2 is 2.09 bits per heavy atom. The van der Waals surface area contributed by atoms with Crippen molar-refractivity contribution in [2.45, 2.75) is 33.6 Å². The molecule has 0 radical (unpaired) electrons. The Hall–Kier alpha value is -1.10. The van der Waals surface area contributed by atoms with E-state index in [0.29, 0.717) is 5.71 Å². The Morgan fingerprint density at radius 3 is 2.45 bits per heavy atom. The Morgan fingerprint density at radius 1 is 1.45 bits per heavy atom. The van der Waals surface area contributed by atoms with Gasteiger partial charge in [0.25, 0.3) is 0 Å².